The van der Waals surface area contributed by atoms with Gasteiger partial charge in [-0.1, -0.05) is 13.0 Å². The molecular formula is C17H27ClN2O. The Balaban J connectivity index is 1.77. The Labute approximate surface area is 133 Å². The highest BCUT2D eigenvalue weighted by molar-refractivity contribution is 6.17. The second kappa shape index (κ2) is 8.50. The highest BCUT2D eigenvalue weighted by atomic mass is 35.5. The van der Waals surface area contributed by atoms with Gasteiger partial charge in [0.2, 0.25) is 0 Å². The molecule has 118 valence electrons. The number of nitrogens with zero attached hydrogens (tertiary/aromatic N) is 2. The maximum Gasteiger partial charge on any atom is 0.120 e. The molecule has 1 unspecified atom stereocenters. The summed E-state index contributed by atoms with van der Waals surface area (Å²) in [6.07, 6.45) is 2.39. The van der Waals surface area contributed by atoms with Crippen molar-refractivity contribution in [1.82, 2.24) is 4.90 Å². The van der Waals surface area contributed by atoms with Gasteiger partial charge in [0.25, 0.3) is 0 Å². The number of methoxy groups -OCH3 is 1. The van der Waals surface area contributed by atoms with Gasteiger partial charge in [0.05, 0.1) is 7.11 Å². The molecule has 0 aromatic heterocycles. The van der Waals surface area contributed by atoms with Gasteiger partial charge in [-0.25, -0.2) is 0 Å². The molecule has 1 aliphatic rings. The number of anilines is 1. The molecule has 0 N–H and O–H groups in total. The van der Waals surface area contributed by atoms with Crippen LogP contribution in [0.4, 0.5) is 5.69 Å². The summed E-state index contributed by atoms with van der Waals surface area (Å²) < 4.78 is 5.31. The van der Waals surface area contributed by atoms with Crippen molar-refractivity contribution in [2.24, 2.45) is 5.92 Å². The van der Waals surface area contributed by atoms with Crippen molar-refractivity contribution in [3.63, 3.8) is 0 Å². The van der Waals surface area contributed by atoms with Gasteiger partial charge in [0.15, 0.2) is 0 Å². The summed E-state index contributed by atoms with van der Waals surface area (Å²) in [7, 11) is 1.72. The second-order valence-corrected chi connectivity index (χ2v) is 6.28. The van der Waals surface area contributed by atoms with Gasteiger partial charge in [-0.2, -0.15) is 0 Å². The topological polar surface area (TPSA) is 15.7 Å². The third-order valence-electron chi connectivity index (χ3n) is 4.33. The summed E-state index contributed by atoms with van der Waals surface area (Å²) >= 11 is 5.80. The molecule has 1 atom stereocenters. The fraction of sp³-hybridized carbons (Fsp3) is 0.647. The SMILES string of the molecule is COc1cccc(N2CCN(CCC(C)CCCl)CC2)c1. The first-order valence-corrected chi connectivity index (χ1v) is 8.43. The average Bonchev–Trinajstić information content (AvgIpc) is 2.54. The van der Waals surface area contributed by atoms with Crippen molar-refractivity contribution in [2.45, 2.75) is 19.8 Å². The zero-order valence-electron chi connectivity index (χ0n) is 13.2. The minimum Gasteiger partial charge on any atom is -0.497 e. The van der Waals surface area contributed by atoms with Gasteiger partial charge in [0.1, 0.15) is 5.75 Å². The van der Waals surface area contributed by atoms with E-state index in [9.17, 15) is 0 Å². The van der Waals surface area contributed by atoms with E-state index >= 15 is 0 Å². The van der Waals surface area contributed by atoms with E-state index in [1.165, 1.54) is 18.7 Å². The zero-order valence-corrected chi connectivity index (χ0v) is 14.0. The van der Waals surface area contributed by atoms with Crippen LogP contribution in [0.5, 0.6) is 5.75 Å². The van der Waals surface area contributed by atoms with Crippen LogP contribution in [0.25, 0.3) is 0 Å². The van der Waals surface area contributed by atoms with Crippen molar-refractivity contribution >= 4 is 17.3 Å². The summed E-state index contributed by atoms with van der Waals surface area (Å²) in [5.41, 5.74) is 1.27. The van der Waals surface area contributed by atoms with Gasteiger partial charge in [-0.15, -0.1) is 11.6 Å². The normalized spacial score (nSPS) is 17.8. The summed E-state index contributed by atoms with van der Waals surface area (Å²) in [6.45, 7) is 7.97. The second-order valence-electron chi connectivity index (χ2n) is 5.90. The largest absolute Gasteiger partial charge is 0.497 e. The molecule has 4 heteroatoms. The Hall–Kier alpha value is -0.930. The Kier molecular flexibility index (Phi) is 6.65. The summed E-state index contributed by atoms with van der Waals surface area (Å²) in [4.78, 5) is 5.02. The van der Waals surface area contributed by atoms with E-state index in [1.807, 2.05) is 6.07 Å². The highest BCUT2D eigenvalue weighted by Gasteiger charge is 2.17. The minimum absolute atomic E-state index is 0.735. The molecule has 0 radical (unpaired) electrons. The van der Waals surface area contributed by atoms with E-state index in [-0.39, 0.29) is 0 Å². The van der Waals surface area contributed by atoms with Crippen LogP contribution in [0.1, 0.15) is 19.8 Å². The lowest BCUT2D eigenvalue weighted by molar-refractivity contribution is 0.240. The number of hydrogen-bond donors (Lipinski definition) is 0. The summed E-state index contributed by atoms with van der Waals surface area (Å²) in [5, 5.41) is 0. The number of ether oxygens (including phenoxy) is 1. The van der Waals surface area contributed by atoms with Crippen molar-refractivity contribution in [3.05, 3.63) is 24.3 Å². The number of benzene rings is 1. The monoisotopic (exact) mass is 310 g/mol. The summed E-state index contributed by atoms with van der Waals surface area (Å²) in [6, 6.07) is 8.35. The maximum absolute atomic E-state index is 5.80. The molecular weight excluding hydrogens is 284 g/mol. The zero-order chi connectivity index (χ0) is 15.1. The van der Waals surface area contributed by atoms with Crippen LogP contribution in [0, 0.1) is 5.92 Å². The molecule has 1 aliphatic heterocycles. The van der Waals surface area contributed by atoms with Gasteiger partial charge in [-0.05, 0) is 37.4 Å². The summed E-state index contributed by atoms with van der Waals surface area (Å²) in [5.74, 6) is 2.45. The third-order valence-corrected chi connectivity index (χ3v) is 4.55. The van der Waals surface area contributed by atoms with Crippen molar-refractivity contribution in [2.75, 3.05) is 50.6 Å². The number of hydrogen-bond acceptors (Lipinski definition) is 3. The van der Waals surface area contributed by atoms with E-state index in [4.69, 9.17) is 16.3 Å². The third kappa shape index (κ3) is 5.08. The van der Waals surface area contributed by atoms with Crippen molar-refractivity contribution < 1.29 is 4.74 Å². The van der Waals surface area contributed by atoms with Crippen LogP contribution in [0.2, 0.25) is 0 Å². The predicted molar refractivity (Wildman–Crippen MR) is 90.8 cm³/mol. The smallest absolute Gasteiger partial charge is 0.120 e. The Bertz CT molecular complexity index is 419. The van der Waals surface area contributed by atoms with E-state index in [2.05, 4.69) is 34.9 Å². The molecule has 1 saturated heterocycles. The molecule has 2 rings (SSSR count). The molecule has 1 fully saturated rings. The van der Waals surface area contributed by atoms with E-state index in [0.717, 1.165) is 50.1 Å². The maximum atomic E-state index is 5.80. The molecule has 3 nitrogen and oxygen atoms in total. The fourth-order valence-electron chi connectivity index (χ4n) is 2.77. The van der Waals surface area contributed by atoms with Gasteiger partial charge < -0.3 is 9.64 Å². The minimum atomic E-state index is 0.735. The molecule has 1 heterocycles. The first-order chi connectivity index (χ1) is 10.2. The lowest BCUT2D eigenvalue weighted by Gasteiger charge is -2.36. The van der Waals surface area contributed by atoms with Crippen LogP contribution >= 0.6 is 11.6 Å². The lowest BCUT2D eigenvalue weighted by Crippen LogP contribution is -2.46. The Morgan fingerprint density at radius 1 is 1.19 bits per heavy atom. The molecule has 1 aromatic rings. The van der Waals surface area contributed by atoms with Crippen LogP contribution < -0.4 is 9.64 Å². The van der Waals surface area contributed by atoms with E-state index < -0.39 is 0 Å². The van der Waals surface area contributed by atoms with E-state index in [1.54, 1.807) is 7.11 Å². The van der Waals surface area contributed by atoms with Gasteiger partial charge in [-0.3, -0.25) is 4.90 Å². The fourth-order valence-corrected chi connectivity index (χ4v) is 3.14. The first kappa shape index (κ1) is 16.4. The molecule has 1 aromatic carbocycles. The predicted octanol–water partition coefficient (Wildman–Crippen LogP) is 3.47. The van der Waals surface area contributed by atoms with Crippen molar-refractivity contribution in [1.29, 1.82) is 0 Å². The van der Waals surface area contributed by atoms with Gasteiger partial charge in [0, 0.05) is 43.8 Å². The van der Waals surface area contributed by atoms with E-state index in [0.29, 0.717) is 0 Å². The first-order valence-electron chi connectivity index (χ1n) is 7.90. The Morgan fingerprint density at radius 2 is 1.95 bits per heavy atom. The average molecular weight is 311 g/mol. The number of rotatable bonds is 7. The van der Waals surface area contributed by atoms with Crippen LogP contribution in [0.15, 0.2) is 24.3 Å². The van der Waals surface area contributed by atoms with Crippen LogP contribution in [-0.2, 0) is 0 Å². The Morgan fingerprint density at radius 3 is 2.62 bits per heavy atom. The molecule has 0 saturated carbocycles. The number of halogens is 1. The van der Waals surface area contributed by atoms with Gasteiger partial charge >= 0.3 is 0 Å². The molecule has 0 amide bonds. The molecule has 0 spiro atoms. The quantitative estimate of drug-likeness (QED) is 0.717. The molecule has 0 aliphatic carbocycles. The molecule has 21 heavy (non-hydrogen) atoms. The number of piperazine rings is 1. The van der Waals surface area contributed by atoms with Crippen molar-refractivity contribution in [3.8, 4) is 5.75 Å². The van der Waals surface area contributed by atoms with Crippen LogP contribution in [-0.4, -0.2) is 50.6 Å². The lowest BCUT2D eigenvalue weighted by atomic mass is 10.0. The van der Waals surface area contributed by atoms with Crippen LogP contribution in [0.3, 0.4) is 0 Å². The number of alkyl halides is 1. The highest BCUT2D eigenvalue weighted by Crippen LogP contribution is 2.22. The molecule has 0 bridgehead atoms. The standard InChI is InChI=1S/C17H27ClN2O/c1-15(6-8-18)7-9-19-10-12-20(13-11-19)16-4-3-5-17(14-16)21-2/h3-5,14-15H,6-13H2,1-2H3.